The second-order valence-corrected chi connectivity index (χ2v) is 6.69. The molecule has 30 heavy (non-hydrogen) atoms. The Bertz CT molecular complexity index is 1190. The first-order valence-corrected chi connectivity index (χ1v) is 9.04. The Morgan fingerprint density at radius 2 is 1.83 bits per heavy atom. The quantitative estimate of drug-likeness (QED) is 0.280. The predicted octanol–water partition coefficient (Wildman–Crippen LogP) is 4.88. The van der Waals surface area contributed by atoms with Gasteiger partial charge >= 0.3 is 5.97 Å². The molecule has 0 amide bonds. The molecule has 152 valence electrons. The molecule has 0 radical (unpaired) electrons. The van der Waals surface area contributed by atoms with Crippen LogP contribution in [-0.4, -0.2) is 27.9 Å². The van der Waals surface area contributed by atoms with Crippen molar-refractivity contribution < 1.29 is 23.8 Å². The molecule has 0 spiro atoms. The van der Waals surface area contributed by atoms with Crippen molar-refractivity contribution in [3.8, 4) is 11.3 Å². The summed E-state index contributed by atoms with van der Waals surface area (Å²) in [4.78, 5) is 36.5. The summed E-state index contributed by atoms with van der Waals surface area (Å²) in [5.74, 6) is 0.105. The highest BCUT2D eigenvalue weighted by Gasteiger charge is 2.17. The van der Waals surface area contributed by atoms with Crippen molar-refractivity contribution >= 4 is 45.4 Å². The molecule has 0 saturated carbocycles. The largest absolute Gasteiger partial charge is 0.465 e. The number of esters is 1. The lowest BCUT2D eigenvalue weighted by Gasteiger charge is -2.03. The molecule has 3 rings (SSSR count). The average Bonchev–Trinajstić information content (AvgIpc) is 3.20. The molecule has 0 saturated heterocycles. The van der Waals surface area contributed by atoms with E-state index in [0.29, 0.717) is 21.6 Å². The van der Waals surface area contributed by atoms with Crippen molar-refractivity contribution in [3.63, 3.8) is 0 Å². The van der Waals surface area contributed by atoms with E-state index in [9.17, 15) is 25.0 Å². The lowest BCUT2D eigenvalue weighted by molar-refractivity contribution is -0.385. The summed E-state index contributed by atoms with van der Waals surface area (Å²) < 4.78 is 10.9. The smallest absolute Gasteiger partial charge is 0.340 e. The number of nitro benzene ring substituents is 1. The van der Waals surface area contributed by atoms with Crippen LogP contribution in [0.2, 0.25) is 0 Å². The summed E-state index contributed by atoms with van der Waals surface area (Å²) in [7, 11) is 1.16. The van der Waals surface area contributed by atoms with Gasteiger partial charge in [0, 0.05) is 28.2 Å². The number of ether oxygens (including phenoxy) is 1. The Hall–Kier alpha value is -3.86. The van der Waals surface area contributed by atoms with Crippen LogP contribution in [0.5, 0.6) is 0 Å². The fraction of sp³-hybridized carbons (Fsp3) is 0.0526. The number of furan rings is 1. The molecular formula is C19H12BrN3O7. The van der Waals surface area contributed by atoms with Crippen LogP contribution >= 0.6 is 15.9 Å². The van der Waals surface area contributed by atoms with Crippen LogP contribution in [0, 0.1) is 20.2 Å². The number of methoxy groups -OCH3 is 1. The summed E-state index contributed by atoms with van der Waals surface area (Å²) in [5.41, 5.74) is 0.325. The third kappa shape index (κ3) is 4.41. The summed E-state index contributed by atoms with van der Waals surface area (Å²) in [6, 6.07) is 8.71. The van der Waals surface area contributed by atoms with E-state index in [1.54, 1.807) is 18.2 Å². The van der Waals surface area contributed by atoms with Gasteiger partial charge in [-0.05, 0) is 46.3 Å². The topological polar surface area (TPSA) is 139 Å². The number of rotatable bonds is 6. The molecular weight excluding hydrogens is 462 g/mol. The number of non-ortho nitro benzene ring substituents is 1. The number of hydrogen-bond acceptors (Lipinski definition) is 8. The van der Waals surface area contributed by atoms with Gasteiger partial charge in [-0.3, -0.25) is 20.2 Å². The summed E-state index contributed by atoms with van der Waals surface area (Å²) in [5, 5.41) is 21.8. The fourth-order valence-electron chi connectivity index (χ4n) is 2.54. The Kier molecular flexibility index (Phi) is 6.02. The molecule has 0 aliphatic heterocycles. The van der Waals surface area contributed by atoms with Gasteiger partial charge in [-0.2, -0.15) is 0 Å². The van der Waals surface area contributed by atoms with Crippen LogP contribution < -0.4 is 0 Å². The first kappa shape index (κ1) is 20.9. The second-order valence-electron chi connectivity index (χ2n) is 5.83. The number of aromatic nitrogens is 1. The molecule has 2 aromatic heterocycles. The zero-order chi connectivity index (χ0) is 21.8. The monoisotopic (exact) mass is 473 g/mol. The molecule has 0 bridgehead atoms. The Morgan fingerprint density at radius 3 is 2.47 bits per heavy atom. The maximum Gasteiger partial charge on any atom is 0.340 e. The van der Waals surface area contributed by atoms with Crippen molar-refractivity contribution in [1.82, 2.24) is 4.98 Å². The van der Waals surface area contributed by atoms with E-state index in [4.69, 9.17) is 4.42 Å². The molecule has 0 aliphatic rings. The Balaban J connectivity index is 1.90. The van der Waals surface area contributed by atoms with Gasteiger partial charge in [-0.1, -0.05) is 0 Å². The van der Waals surface area contributed by atoms with E-state index in [2.05, 4.69) is 25.7 Å². The first-order valence-electron chi connectivity index (χ1n) is 8.25. The van der Waals surface area contributed by atoms with E-state index < -0.39 is 15.8 Å². The second kappa shape index (κ2) is 8.66. The minimum atomic E-state index is -0.763. The molecule has 1 aromatic carbocycles. The van der Waals surface area contributed by atoms with Gasteiger partial charge < -0.3 is 9.15 Å². The van der Waals surface area contributed by atoms with Crippen LogP contribution in [0.1, 0.15) is 21.8 Å². The fourth-order valence-corrected chi connectivity index (χ4v) is 3.10. The molecule has 3 aromatic rings. The van der Waals surface area contributed by atoms with Gasteiger partial charge in [0.25, 0.3) is 11.4 Å². The Morgan fingerprint density at radius 1 is 1.10 bits per heavy atom. The van der Waals surface area contributed by atoms with Gasteiger partial charge in [0.1, 0.15) is 17.7 Å². The van der Waals surface area contributed by atoms with Crippen LogP contribution in [0.3, 0.4) is 0 Å². The van der Waals surface area contributed by atoms with Gasteiger partial charge in [-0.15, -0.1) is 0 Å². The minimum Gasteiger partial charge on any atom is -0.465 e. The maximum atomic E-state index is 11.9. The van der Waals surface area contributed by atoms with Crippen molar-refractivity contribution in [2.75, 3.05) is 7.11 Å². The molecule has 2 heterocycles. The third-order valence-electron chi connectivity index (χ3n) is 3.98. The summed E-state index contributed by atoms with van der Waals surface area (Å²) >= 11 is 3.29. The van der Waals surface area contributed by atoms with Crippen LogP contribution in [-0.2, 0) is 4.74 Å². The molecule has 10 nitrogen and oxygen atoms in total. The van der Waals surface area contributed by atoms with E-state index >= 15 is 0 Å². The molecule has 0 N–H and O–H groups in total. The standard InChI is InChI=1S/C19H12BrN3O7/c1-29-19(24)15-8-12(23(27)28)10-21-17(15)6-3-13-4-7-18(30-13)14-5-2-11(22(25)26)9-16(14)20/h2-10H,1H3/b6-3+. The van der Waals surface area contributed by atoms with E-state index in [0.717, 1.165) is 19.4 Å². The van der Waals surface area contributed by atoms with Crippen LogP contribution in [0.25, 0.3) is 23.5 Å². The number of benzene rings is 1. The number of carbonyl (C=O) groups is 1. The van der Waals surface area contributed by atoms with Gasteiger partial charge in [0.05, 0.1) is 28.2 Å². The molecule has 0 unspecified atom stereocenters. The van der Waals surface area contributed by atoms with Crippen molar-refractivity contribution in [2.24, 2.45) is 0 Å². The maximum absolute atomic E-state index is 11.9. The highest BCUT2D eigenvalue weighted by Crippen LogP contribution is 2.33. The Labute approximate surface area is 177 Å². The normalized spacial score (nSPS) is 10.9. The number of nitro groups is 2. The molecule has 0 atom stereocenters. The van der Waals surface area contributed by atoms with Crippen molar-refractivity contribution in [2.45, 2.75) is 0 Å². The van der Waals surface area contributed by atoms with Gasteiger partial charge in [0.2, 0.25) is 0 Å². The number of pyridine rings is 1. The van der Waals surface area contributed by atoms with E-state index in [1.165, 1.54) is 24.3 Å². The average molecular weight is 474 g/mol. The zero-order valence-electron chi connectivity index (χ0n) is 15.3. The summed E-state index contributed by atoms with van der Waals surface area (Å²) in [6.07, 6.45) is 4.03. The van der Waals surface area contributed by atoms with Crippen LogP contribution in [0.4, 0.5) is 11.4 Å². The van der Waals surface area contributed by atoms with Crippen LogP contribution in [0.15, 0.2) is 51.5 Å². The van der Waals surface area contributed by atoms with Crippen molar-refractivity contribution in [1.29, 1.82) is 0 Å². The third-order valence-corrected chi connectivity index (χ3v) is 4.64. The highest BCUT2D eigenvalue weighted by atomic mass is 79.9. The number of nitrogens with zero attached hydrogens (tertiary/aromatic N) is 3. The lowest BCUT2D eigenvalue weighted by atomic mass is 10.1. The molecule has 0 fully saturated rings. The summed E-state index contributed by atoms with van der Waals surface area (Å²) in [6.45, 7) is 0. The predicted molar refractivity (Wildman–Crippen MR) is 110 cm³/mol. The number of carbonyl (C=O) groups excluding carboxylic acids is 1. The van der Waals surface area contributed by atoms with Gasteiger partial charge in [-0.25, -0.2) is 9.78 Å². The van der Waals surface area contributed by atoms with E-state index in [1.807, 2.05) is 0 Å². The number of hydrogen-bond donors (Lipinski definition) is 0. The zero-order valence-corrected chi connectivity index (χ0v) is 16.9. The first-order chi connectivity index (χ1) is 14.3. The molecule has 11 heteroatoms. The van der Waals surface area contributed by atoms with Crippen molar-refractivity contribution in [3.05, 3.63) is 84.3 Å². The van der Waals surface area contributed by atoms with Gasteiger partial charge in [0.15, 0.2) is 0 Å². The highest BCUT2D eigenvalue weighted by molar-refractivity contribution is 9.10. The number of halogens is 1. The lowest BCUT2D eigenvalue weighted by Crippen LogP contribution is -2.06. The minimum absolute atomic E-state index is 0.0584. The SMILES string of the molecule is COC(=O)c1cc([N+](=O)[O-])cnc1/C=C/c1ccc(-c2ccc([N+](=O)[O-])cc2Br)o1. The molecule has 0 aliphatic carbocycles. The van der Waals surface area contributed by atoms with E-state index in [-0.39, 0.29) is 22.6 Å².